The molecule has 3 aliphatic heterocycles. The van der Waals surface area contributed by atoms with E-state index in [2.05, 4.69) is 41.6 Å². The van der Waals surface area contributed by atoms with Crippen molar-refractivity contribution < 1.29 is 19.1 Å². The van der Waals surface area contributed by atoms with Crippen molar-refractivity contribution in [1.29, 1.82) is 0 Å². The van der Waals surface area contributed by atoms with E-state index in [1.54, 1.807) is 7.11 Å². The highest BCUT2D eigenvalue weighted by atomic mass is 16.5. The Labute approximate surface area is 232 Å². The van der Waals surface area contributed by atoms with E-state index in [0.29, 0.717) is 38.5 Å². The van der Waals surface area contributed by atoms with Gasteiger partial charge in [-0.2, -0.15) is 0 Å². The van der Waals surface area contributed by atoms with Crippen LogP contribution in [0.25, 0.3) is 0 Å². The first-order valence-electron chi connectivity index (χ1n) is 14.4. The average Bonchev–Trinajstić information content (AvgIpc) is 3.32. The van der Waals surface area contributed by atoms with Crippen molar-refractivity contribution in [3.8, 4) is 11.5 Å². The highest BCUT2D eigenvalue weighted by Gasteiger charge is 2.43. The molecule has 5 rings (SSSR count). The summed E-state index contributed by atoms with van der Waals surface area (Å²) in [5, 5.41) is 6.75. The van der Waals surface area contributed by atoms with Crippen LogP contribution >= 0.6 is 0 Å². The number of carbonyl (C=O) groups excluding carboxylic acids is 2. The molecule has 2 aromatic rings. The van der Waals surface area contributed by atoms with Crippen LogP contribution in [0.1, 0.15) is 73.8 Å². The predicted octanol–water partition coefficient (Wildman–Crippen LogP) is 3.79. The number of ether oxygens (including phenoxy) is 2. The third-order valence-electron chi connectivity index (χ3n) is 8.42. The van der Waals surface area contributed by atoms with Crippen LogP contribution in [-0.2, 0) is 9.59 Å². The number of hydrogen-bond acceptors (Lipinski definition) is 6. The Morgan fingerprint density at radius 1 is 0.949 bits per heavy atom. The van der Waals surface area contributed by atoms with Crippen LogP contribution in [0, 0.1) is 0 Å². The second kappa shape index (κ2) is 12.4. The molecule has 0 fully saturated rings. The molecule has 0 spiro atoms. The minimum absolute atomic E-state index is 0.0488. The van der Waals surface area contributed by atoms with Crippen molar-refractivity contribution in [2.24, 2.45) is 0 Å². The fourth-order valence-corrected chi connectivity index (χ4v) is 6.13. The van der Waals surface area contributed by atoms with Gasteiger partial charge in [0.15, 0.2) is 0 Å². The van der Waals surface area contributed by atoms with Crippen LogP contribution < -0.4 is 20.1 Å². The number of carbonyl (C=O) groups is 2. The van der Waals surface area contributed by atoms with Gasteiger partial charge in [0, 0.05) is 43.7 Å². The largest absolute Gasteiger partial charge is 0.497 e. The summed E-state index contributed by atoms with van der Waals surface area (Å²) in [6.45, 7) is 5.80. The monoisotopic (exact) mass is 534 g/mol. The van der Waals surface area contributed by atoms with Crippen LogP contribution in [0.5, 0.6) is 11.5 Å². The number of hydrogen-bond donors (Lipinski definition) is 2. The summed E-state index contributed by atoms with van der Waals surface area (Å²) >= 11 is 0. The molecule has 8 nitrogen and oxygen atoms in total. The molecule has 4 atom stereocenters. The zero-order chi connectivity index (χ0) is 27.4. The van der Waals surface area contributed by atoms with Gasteiger partial charge in [0.1, 0.15) is 23.5 Å². The third kappa shape index (κ3) is 6.23. The molecule has 2 aromatic carbocycles. The number of nitrogens with one attached hydrogen (secondary N) is 2. The Balaban J connectivity index is 1.59. The molecule has 0 saturated heterocycles. The van der Waals surface area contributed by atoms with Crippen molar-refractivity contribution >= 4 is 11.8 Å². The lowest BCUT2D eigenvalue weighted by Gasteiger charge is -2.30. The quantitative estimate of drug-likeness (QED) is 0.610. The Morgan fingerprint density at radius 3 is 2.46 bits per heavy atom. The molecule has 39 heavy (non-hydrogen) atoms. The van der Waals surface area contributed by atoms with E-state index in [4.69, 9.17) is 9.47 Å². The fraction of sp³-hybridized carbons (Fsp3) is 0.548. The van der Waals surface area contributed by atoms with Gasteiger partial charge in [-0.1, -0.05) is 18.2 Å². The van der Waals surface area contributed by atoms with Crippen LogP contribution in [0.2, 0.25) is 0 Å². The molecule has 0 aromatic heterocycles. The summed E-state index contributed by atoms with van der Waals surface area (Å²) < 4.78 is 11.9. The first-order chi connectivity index (χ1) is 18.9. The molecule has 4 unspecified atom stereocenters. The molecule has 4 bridgehead atoms. The Kier molecular flexibility index (Phi) is 8.72. The van der Waals surface area contributed by atoms with Crippen molar-refractivity contribution in [1.82, 2.24) is 20.4 Å². The zero-order valence-corrected chi connectivity index (χ0v) is 23.4. The molecule has 2 N–H and O–H groups in total. The standard InChI is InChI=1S/C31H42N4O4/c1-21-7-4-16-34(2)26-20-28(36)33-15-6-18-35(17-5-14-32-21)31(37)29-25-19-23(26)10-13-27(25)39-30(29)22-8-11-24(38-3)12-9-22/h8-13,19,21,26,29-30,32H,4-7,14-18,20H2,1-3H3,(H,33,36). The number of fused-ring (bicyclic) bond motifs is 1. The van der Waals surface area contributed by atoms with E-state index in [1.807, 2.05) is 35.2 Å². The number of rotatable bonds is 2. The molecule has 3 aliphatic rings. The van der Waals surface area contributed by atoms with Gasteiger partial charge in [0.25, 0.3) is 0 Å². The maximum atomic E-state index is 14.4. The molecule has 0 saturated carbocycles. The minimum Gasteiger partial charge on any atom is -0.497 e. The molecular formula is C31H42N4O4. The van der Waals surface area contributed by atoms with Crippen molar-refractivity contribution in [3.63, 3.8) is 0 Å². The molecule has 210 valence electrons. The predicted molar refractivity (Wildman–Crippen MR) is 151 cm³/mol. The summed E-state index contributed by atoms with van der Waals surface area (Å²) in [7, 11) is 3.75. The van der Waals surface area contributed by atoms with Crippen molar-refractivity contribution in [2.45, 2.75) is 63.1 Å². The van der Waals surface area contributed by atoms with Gasteiger partial charge >= 0.3 is 0 Å². The summed E-state index contributed by atoms with van der Waals surface area (Å²) in [4.78, 5) is 31.7. The topological polar surface area (TPSA) is 83.1 Å². The first kappa shape index (κ1) is 27.5. The Hall–Kier alpha value is -3.10. The fourth-order valence-electron chi connectivity index (χ4n) is 6.13. The smallest absolute Gasteiger partial charge is 0.234 e. The lowest BCUT2D eigenvalue weighted by molar-refractivity contribution is -0.134. The molecule has 0 aliphatic carbocycles. The highest BCUT2D eigenvalue weighted by molar-refractivity contribution is 5.87. The van der Waals surface area contributed by atoms with E-state index < -0.39 is 12.0 Å². The Morgan fingerprint density at radius 2 is 1.69 bits per heavy atom. The van der Waals surface area contributed by atoms with Crippen LogP contribution in [-0.4, -0.2) is 74.5 Å². The van der Waals surface area contributed by atoms with E-state index in [-0.39, 0.29) is 17.9 Å². The summed E-state index contributed by atoms with van der Waals surface area (Å²) in [5.74, 6) is 1.19. The summed E-state index contributed by atoms with van der Waals surface area (Å²) in [5.41, 5.74) is 2.92. The number of nitrogens with zero attached hydrogens (tertiary/aromatic N) is 2. The maximum absolute atomic E-state index is 14.4. The van der Waals surface area contributed by atoms with E-state index in [0.717, 1.165) is 60.5 Å². The van der Waals surface area contributed by atoms with Gasteiger partial charge in [0.05, 0.1) is 7.11 Å². The van der Waals surface area contributed by atoms with Crippen LogP contribution in [0.4, 0.5) is 0 Å². The van der Waals surface area contributed by atoms with Crippen molar-refractivity contribution in [3.05, 3.63) is 59.2 Å². The summed E-state index contributed by atoms with van der Waals surface area (Å²) in [6.07, 6.45) is 3.66. The second-order valence-corrected chi connectivity index (χ2v) is 11.2. The van der Waals surface area contributed by atoms with Gasteiger partial charge in [-0.05, 0) is 88.1 Å². The van der Waals surface area contributed by atoms with Crippen LogP contribution in [0.15, 0.2) is 42.5 Å². The van der Waals surface area contributed by atoms with Gasteiger partial charge in [-0.25, -0.2) is 0 Å². The summed E-state index contributed by atoms with van der Waals surface area (Å²) in [6, 6.07) is 14.3. The second-order valence-electron chi connectivity index (χ2n) is 11.2. The van der Waals surface area contributed by atoms with Gasteiger partial charge in [-0.15, -0.1) is 0 Å². The minimum atomic E-state index is -0.455. The molecule has 8 heteroatoms. The van der Waals surface area contributed by atoms with E-state index in [1.165, 1.54) is 0 Å². The third-order valence-corrected chi connectivity index (χ3v) is 8.42. The molecule has 2 amide bonds. The van der Waals surface area contributed by atoms with Gasteiger partial charge in [-0.3, -0.25) is 14.5 Å². The lowest BCUT2D eigenvalue weighted by Crippen LogP contribution is -2.40. The SMILES string of the molecule is COc1ccc(C2Oc3ccc4cc3C2C(=O)N2CCCNC(=O)CC4N(C)CCCC(C)NCCC2)cc1. The van der Waals surface area contributed by atoms with E-state index >= 15 is 0 Å². The maximum Gasteiger partial charge on any atom is 0.234 e. The van der Waals surface area contributed by atoms with E-state index in [9.17, 15) is 9.59 Å². The Bertz CT molecular complexity index is 1150. The number of benzene rings is 2. The molecule has 3 heterocycles. The highest BCUT2D eigenvalue weighted by Crippen LogP contribution is 2.48. The number of amides is 2. The first-order valence-corrected chi connectivity index (χ1v) is 14.4. The van der Waals surface area contributed by atoms with Crippen molar-refractivity contribution in [2.75, 3.05) is 46.9 Å². The molecule has 0 radical (unpaired) electrons. The van der Waals surface area contributed by atoms with Crippen LogP contribution in [0.3, 0.4) is 0 Å². The lowest BCUT2D eigenvalue weighted by atomic mass is 9.87. The zero-order valence-electron chi connectivity index (χ0n) is 23.4. The normalized spacial score (nSPS) is 27.1. The van der Waals surface area contributed by atoms with Gasteiger partial charge in [0.2, 0.25) is 11.8 Å². The number of methoxy groups -OCH3 is 1. The van der Waals surface area contributed by atoms with Gasteiger partial charge < -0.3 is 25.0 Å². The average molecular weight is 535 g/mol. The molecular weight excluding hydrogens is 492 g/mol.